The molecule has 1 fully saturated rings. The number of carbonyl (C=O) groups excluding carboxylic acids is 3. The molecule has 9 heteroatoms. The highest BCUT2D eigenvalue weighted by Gasteiger charge is 2.21. The van der Waals surface area contributed by atoms with Gasteiger partial charge in [0.25, 0.3) is 11.8 Å². The Morgan fingerprint density at radius 3 is 2.26 bits per heavy atom. The first-order chi connectivity index (χ1) is 22.7. The van der Waals surface area contributed by atoms with Crippen LogP contribution in [0.15, 0.2) is 97.1 Å². The van der Waals surface area contributed by atoms with Gasteiger partial charge >= 0.3 is 0 Å². The van der Waals surface area contributed by atoms with E-state index < -0.39 is 0 Å². The SMILES string of the molecule is Cc1ccc(-c2ccccc2C(=O)Nc2ccc(C(=O)N(C)c3ccccc3C=[N+](O)CCCC(=O)N3CCN(C)CC3)cc2)cc1. The van der Waals surface area contributed by atoms with E-state index in [4.69, 9.17) is 0 Å². The molecule has 0 atom stereocenters. The molecule has 0 bridgehead atoms. The molecule has 2 N–H and O–H groups in total. The number of likely N-dealkylation sites (N-methyl/N-ethyl adjacent to an activating group) is 1. The lowest BCUT2D eigenvalue weighted by Gasteiger charge is -2.32. The Morgan fingerprint density at radius 1 is 0.872 bits per heavy atom. The molecule has 4 aromatic carbocycles. The first kappa shape index (κ1) is 33.1. The van der Waals surface area contributed by atoms with Crippen LogP contribution in [0.1, 0.15) is 44.7 Å². The van der Waals surface area contributed by atoms with Crippen molar-refractivity contribution in [1.82, 2.24) is 9.80 Å². The van der Waals surface area contributed by atoms with E-state index in [1.165, 1.54) is 4.90 Å². The van der Waals surface area contributed by atoms with E-state index in [1.807, 2.05) is 78.6 Å². The van der Waals surface area contributed by atoms with Gasteiger partial charge in [-0.15, -0.1) is 0 Å². The van der Waals surface area contributed by atoms with Gasteiger partial charge in [0.15, 0.2) is 6.54 Å². The number of carbonyl (C=O) groups is 3. The Bertz CT molecular complexity index is 1740. The van der Waals surface area contributed by atoms with Crippen molar-refractivity contribution in [2.24, 2.45) is 0 Å². The summed E-state index contributed by atoms with van der Waals surface area (Å²) < 4.78 is 1.07. The highest BCUT2D eigenvalue weighted by atomic mass is 16.5. The molecule has 4 aromatic rings. The Hall–Kier alpha value is -5.28. The van der Waals surface area contributed by atoms with Crippen molar-refractivity contribution >= 4 is 35.3 Å². The molecule has 3 amide bonds. The van der Waals surface area contributed by atoms with Crippen LogP contribution in [0.2, 0.25) is 0 Å². The fourth-order valence-corrected chi connectivity index (χ4v) is 5.60. The number of amides is 3. The van der Waals surface area contributed by atoms with Crippen molar-refractivity contribution in [1.29, 1.82) is 0 Å². The van der Waals surface area contributed by atoms with E-state index >= 15 is 0 Å². The van der Waals surface area contributed by atoms with Gasteiger partial charge in [-0.3, -0.25) is 19.6 Å². The lowest BCUT2D eigenvalue weighted by molar-refractivity contribution is -0.771. The van der Waals surface area contributed by atoms with Gasteiger partial charge in [0.1, 0.15) is 0 Å². The highest BCUT2D eigenvalue weighted by Crippen LogP contribution is 2.26. The van der Waals surface area contributed by atoms with Crippen LogP contribution in [-0.4, -0.2) is 90.5 Å². The fraction of sp³-hybridized carbons (Fsp3) is 0.263. The third kappa shape index (κ3) is 8.51. The summed E-state index contributed by atoms with van der Waals surface area (Å²) in [5.74, 6) is -0.371. The minimum atomic E-state index is -0.240. The van der Waals surface area contributed by atoms with Crippen LogP contribution in [0.3, 0.4) is 0 Å². The second kappa shape index (κ2) is 15.3. The summed E-state index contributed by atoms with van der Waals surface area (Å²) in [6, 6.07) is 29.6. The largest absolute Gasteiger partial charge is 0.340 e. The number of nitrogens with one attached hydrogen (secondary N) is 1. The normalized spacial score (nSPS) is 13.7. The molecule has 1 aliphatic heterocycles. The van der Waals surface area contributed by atoms with E-state index in [0.717, 1.165) is 47.6 Å². The summed E-state index contributed by atoms with van der Waals surface area (Å²) in [4.78, 5) is 44.9. The van der Waals surface area contributed by atoms with Crippen LogP contribution in [0.5, 0.6) is 0 Å². The van der Waals surface area contributed by atoms with Crippen molar-refractivity contribution in [3.8, 4) is 11.1 Å². The maximum absolute atomic E-state index is 13.5. The summed E-state index contributed by atoms with van der Waals surface area (Å²) in [5.41, 5.74) is 5.81. The van der Waals surface area contributed by atoms with Crippen LogP contribution >= 0.6 is 0 Å². The Kier molecular flexibility index (Phi) is 10.8. The number of hydrogen-bond acceptors (Lipinski definition) is 5. The fourth-order valence-electron chi connectivity index (χ4n) is 5.60. The maximum Gasteiger partial charge on any atom is 0.258 e. The molecule has 0 unspecified atom stereocenters. The number of para-hydroxylation sites is 1. The number of piperazine rings is 1. The molecule has 47 heavy (non-hydrogen) atoms. The molecule has 1 heterocycles. The molecule has 0 aromatic heterocycles. The lowest BCUT2D eigenvalue weighted by Crippen LogP contribution is -2.47. The van der Waals surface area contributed by atoms with Crippen LogP contribution in [0.25, 0.3) is 11.1 Å². The van der Waals surface area contributed by atoms with Crippen molar-refractivity contribution in [2.45, 2.75) is 19.8 Å². The highest BCUT2D eigenvalue weighted by molar-refractivity contribution is 6.10. The second-order valence-corrected chi connectivity index (χ2v) is 11.9. The van der Waals surface area contributed by atoms with Crippen LogP contribution in [0, 0.1) is 6.92 Å². The van der Waals surface area contributed by atoms with Gasteiger partial charge in [-0.2, -0.15) is 0 Å². The number of benzene rings is 4. The van der Waals surface area contributed by atoms with Gasteiger partial charge in [-0.1, -0.05) is 60.2 Å². The number of nitrogens with zero attached hydrogens (tertiary/aromatic N) is 4. The minimum absolute atomic E-state index is 0.106. The molecule has 9 nitrogen and oxygen atoms in total. The quantitative estimate of drug-likeness (QED) is 0.103. The summed E-state index contributed by atoms with van der Waals surface area (Å²) in [7, 11) is 3.74. The molecule has 0 radical (unpaired) electrons. The number of rotatable bonds is 10. The first-order valence-electron chi connectivity index (χ1n) is 15.9. The van der Waals surface area contributed by atoms with Crippen molar-refractivity contribution in [3.63, 3.8) is 0 Å². The smallest absolute Gasteiger partial charge is 0.258 e. The van der Waals surface area contributed by atoms with Gasteiger partial charge in [0.2, 0.25) is 12.1 Å². The number of anilines is 2. The summed E-state index contributed by atoms with van der Waals surface area (Å²) in [5, 5.41) is 13.6. The predicted molar refractivity (Wildman–Crippen MR) is 186 cm³/mol. The molecule has 242 valence electrons. The molecular formula is C38H42N5O4+. The second-order valence-electron chi connectivity index (χ2n) is 11.9. The van der Waals surface area contributed by atoms with Crippen molar-refractivity contribution < 1.29 is 24.3 Å². The monoisotopic (exact) mass is 632 g/mol. The molecule has 5 rings (SSSR count). The van der Waals surface area contributed by atoms with Gasteiger partial charge in [0, 0.05) is 62.9 Å². The molecular weight excluding hydrogens is 590 g/mol. The predicted octanol–water partition coefficient (Wildman–Crippen LogP) is 5.57. The van der Waals surface area contributed by atoms with Crippen LogP contribution in [0.4, 0.5) is 11.4 Å². The zero-order chi connectivity index (χ0) is 33.3. The topological polar surface area (TPSA) is 96.2 Å². The standard InChI is InChI=1S/C38H41N5O4/c1-28-14-16-29(17-15-28)33-10-5-6-11-34(33)37(45)39-32-20-18-30(19-21-32)38(46)41(3)35-12-7-4-9-31(35)27-43(47)22-8-13-36(44)42-25-23-40(2)24-26-42/h4-7,9-12,14-21,27H,8,13,22-26H2,1-3H3,(H-,39,45,46,47)/p+1. The van der Waals surface area contributed by atoms with Gasteiger partial charge < -0.3 is 20.0 Å². The maximum atomic E-state index is 13.5. The number of hydrogen-bond donors (Lipinski definition) is 2. The zero-order valence-electron chi connectivity index (χ0n) is 27.2. The van der Waals surface area contributed by atoms with E-state index in [-0.39, 0.29) is 24.3 Å². The molecule has 0 saturated carbocycles. The average molecular weight is 633 g/mol. The molecule has 1 aliphatic rings. The van der Waals surface area contributed by atoms with Crippen molar-refractivity contribution in [2.75, 3.05) is 57.0 Å². The van der Waals surface area contributed by atoms with E-state index in [1.54, 1.807) is 43.6 Å². The first-order valence-corrected chi connectivity index (χ1v) is 15.9. The minimum Gasteiger partial charge on any atom is -0.340 e. The van der Waals surface area contributed by atoms with Gasteiger partial charge in [-0.05, 0) is 72.3 Å². The summed E-state index contributed by atoms with van der Waals surface area (Å²) >= 11 is 0. The number of aryl methyl sites for hydroxylation is 1. The summed E-state index contributed by atoms with van der Waals surface area (Å²) in [6.45, 7) is 5.53. The lowest BCUT2D eigenvalue weighted by atomic mass is 9.98. The van der Waals surface area contributed by atoms with Crippen molar-refractivity contribution in [3.05, 3.63) is 119 Å². The van der Waals surface area contributed by atoms with Gasteiger partial charge in [-0.25, -0.2) is 0 Å². The Morgan fingerprint density at radius 2 is 1.53 bits per heavy atom. The molecule has 0 aliphatic carbocycles. The Balaban J connectivity index is 1.20. The van der Waals surface area contributed by atoms with E-state index in [2.05, 4.69) is 17.3 Å². The van der Waals surface area contributed by atoms with Gasteiger partial charge in [0.05, 0.1) is 11.3 Å². The third-order valence-corrected chi connectivity index (χ3v) is 8.45. The Labute approximate surface area is 276 Å². The average Bonchev–Trinajstić information content (AvgIpc) is 3.09. The zero-order valence-corrected chi connectivity index (χ0v) is 27.2. The molecule has 1 saturated heterocycles. The van der Waals surface area contributed by atoms with Crippen LogP contribution in [-0.2, 0) is 4.79 Å². The summed E-state index contributed by atoms with van der Waals surface area (Å²) in [6.07, 6.45) is 2.45. The number of hydroxylamine groups is 1. The molecule has 0 spiro atoms. The van der Waals surface area contributed by atoms with Crippen LogP contribution < -0.4 is 10.2 Å². The van der Waals surface area contributed by atoms with E-state index in [9.17, 15) is 19.6 Å². The third-order valence-electron chi connectivity index (χ3n) is 8.45. The van der Waals surface area contributed by atoms with E-state index in [0.29, 0.717) is 40.9 Å².